The van der Waals surface area contributed by atoms with E-state index in [1.807, 2.05) is 36.4 Å². The van der Waals surface area contributed by atoms with Gasteiger partial charge in [-0.25, -0.2) is 4.79 Å². The van der Waals surface area contributed by atoms with Gasteiger partial charge in [0, 0.05) is 11.6 Å². The third kappa shape index (κ3) is 3.68. The van der Waals surface area contributed by atoms with Crippen LogP contribution >= 0.6 is 11.6 Å². The number of benzene rings is 2. The lowest BCUT2D eigenvalue weighted by atomic mass is 10.1. The van der Waals surface area contributed by atoms with Crippen molar-refractivity contribution < 1.29 is 14.3 Å². The van der Waals surface area contributed by atoms with Gasteiger partial charge in [0.25, 0.3) is 0 Å². The van der Waals surface area contributed by atoms with Crippen molar-refractivity contribution in [2.45, 2.75) is 6.61 Å². The van der Waals surface area contributed by atoms with Crippen LogP contribution in [0.2, 0.25) is 5.02 Å². The lowest BCUT2D eigenvalue weighted by molar-refractivity contribution is 0.155. The Kier molecular flexibility index (Phi) is 5.20. The third-order valence-electron chi connectivity index (χ3n) is 3.69. The smallest absolute Gasteiger partial charge is 0.412 e. The number of ether oxygens (including phenoxy) is 2. The average molecular weight is 368 g/mol. The van der Waals surface area contributed by atoms with Crippen LogP contribution in [0.4, 0.5) is 10.5 Å². The van der Waals surface area contributed by atoms with Gasteiger partial charge in [0.05, 0.1) is 28.9 Å². The molecule has 1 amide bonds. The summed E-state index contributed by atoms with van der Waals surface area (Å²) in [7, 11) is 1.47. The van der Waals surface area contributed by atoms with Crippen LogP contribution in [0.1, 0.15) is 11.1 Å². The van der Waals surface area contributed by atoms with E-state index in [4.69, 9.17) is 26.3 Å². The second-order valence-electron chi connectivity index (χ2n) is 5.35. The topological polar surface area (TPSA) is 84.2 Å². The number of halogens is 1. The Morgan fingerprint density at radius 3 is 2.77 bits per heavy atom. The molecule has 0 saturated carbocycles. The molecule has 1 heterocycles. The first-order valence-corrected chi connectivity index (χ1v) is 8.04. The van der Waals surface area contributed by atoms with Gasteiger partial charge in [-0.05, 0) is 17.7 Å². The Balaban J connectivity index is 1.83. The monoisotopic (exact) mass is 367 g/mol. The number of methoxy groups -OCH3 is 1. The number of hydrogen-bond donors (Lipinski definition) is 1. The van der Waals surface area contributed by atoms with Crippen molar-refractivity contribution in [3.05, 3.63) is 64.8 Å². The SMILES string of the molecule is COc1cc2c(Cl)c(C#N)cnc2cc1NC(=O)OCc1ccccc1. The molecule has 0 aliphatic rings. The number of nitrogens with zero attached hydrogens (tertiary/aromatic N) is 2. The molecule has 6 nitrogen and oxygen atoms in total. The Morgan fingerprint density at radius 2 is 2.08 bits per heavy atom. The molecule has 7 heteroatoms. The van der Waals surface area contributed by atoms with Gasteiger partial charge in [-0.3, -0.25) is 10.3 Å². The van der Waals surface area contributed by atoms with Crippen molar-refractivity contribution in [3.63, 3.8) is 0 Å². The highest BCUT2D eigenvalue weighted by Crippen LogP contribution is 2.34. The van der Waals surface area contributed by atoms with Crippen LogP contribution in [0.15, 0.2) is 48.7 Å². The molecule has 0 radical (unpaired) electrons. The molecule has 0 spiro atoms. The zero-order chi connectivity index (χ0) is 18.5. The summed E-state index contributed by atoms with van der Waals surface area (Å²) < 4.78 is 10.5. The maximum Gasteiger partial charge on any atom is 0.412 e. The summed E-state index contributed by atoms with van der Waals surface area (Å²) in [6, 6.07) is 14.6. The van der Waals surface area contributed by atoms with Crippen LogP contribution in [0.25, 0.3) is 10.9 Å². The number of amides is 1. The summed E-state index contributed by atoms with van der Waals surface area (Å²) in [6.45, 7) is 0.151. The minimum Gasteiger partial charge on any atom is -0.495 e. The Morgan fingerprint density at radius 1 is 1.31 bits per heavy atom. The Hall–Kier alpha value is -3.30. The van der Waals surface area contributed by atoms with Crippen LogP contribution in [-0.2, 0) is 11.3 Å². The van der Waals surface area contributed by atoms with Gasteiger partial charge in [-0.1, -0.05) is 41.9 Å². The number of anilines is 1. The quantitative estimate of drug-likeness (QED) is 0.733. The Labute approximate surface area is 154 Å². The molecule has 0 atom stereocenters. The fourth-order valence-electron chi connectivity index (χ4n) is 2.40. The van der Waals surface area contributed by atoms with E-state index in [0.29, 0.717) is 22.3 Å². The lowest BCUT2D eigenvalue weighted by Crippen LogP contribution is -2.14. The van der Waals surface area contributed by atoms with E-state index in [1.54, 1.807) is 12.1 Å². The molecule has 0 aliphatic carbocycles. The van der Waals surface area contributed by atoms with Crippen LogP contribution in [-0.4, -0.2) is 18.2 Å². The van der Waals surface area contributed by atoms with Gasteiger partial charge in [0.2, 0.25) is 0 Å². The average Bonchev–Trinajstić information content (AvgIpc) is 2.67. The van der Waals surface area contributed by atoms with Gasteiger partial charge in [0.1, 0.15) is 18.4 Å². The molecular weight excluding hydrogens is 354 g/mol. The number of aromatic nitrogens is 1. The van der Waals surface area contributed by atoms with Gasteiger partial charge in [-0.15, -0.1) is 0 Å². The maximum atomic E-state index is 12.1. The van der Waals surface area contributed by atoms with Gasteiger partial charge >= 0.3 is 6.09 Å². The summed E-state index contributed by atoms with van der Waals surface area (Å²) in [6.07, 6.45) is 0.764. The van der Waals surface area contributed by atoms with E-state index in [0.717, 1.165) is 5.56 Å². The number of carbonyl (C=O) groups is 1. The normalized spacial score (nSPS) is 10.2. The first kappa shape index (κ1) is 17.5. The fraction of sp³-hybridized carbons (Fsp3) is 0.105. The van der Waals surface area contributed by atoms with Crippen molar-refractivity contribution >= 4 is 34.3 Å². The molecule has 1 aromatic heterocycles. The van der Waals surface area contributed by atoms with E-state index < -0.39 is 6.09 Å². The lowest BCUT2D eigenvalue weighted by Gasteiger charge is -2.12. The predicted molar refractivity (Wildman–Crippen MR) is 98.3 cm³/mol. The fourth-order valence-corrected chi connectivity index (χ4v) is 2.64. The number of fused-ring (bicyclic) bond motifs is 1. The third-order valence-corrected chi connectivity index (χ3v) is 4.10. The predicted octanol–water partition coefficient (Wildman–Crippen LogP) is 4.52. The van der Waals surface area contributed by atoms with Crippen LogP contribution < -0.4 is 10.1 Å². The van der Waals surface area contributed by atoms with Crippen molar-refractivity contribution in [3.8, 4) is 11.8 Å². The zero-order valence-corrected chi connectivity index (χ0v) is 14.6. The van der Waals surface area contributed by atoms with Crippen molar-refractivity contribution in [1.82, 2.24) is 4.98 Å². The van der Waals surface area contributed by atoms with E-state index in [2.05, 4.69) is 10.3 Å². The number of carbonyl (C=O) groups excluding carboxylic acids is 1. The summed E-state index contributed by atoms with van der Waals surface area (Å²) in [5.41, 5.74) is 2.06. The van der Waals surface area contributed by atoms with E-state index in [-0.39, 0.29) is 17.2 Å². The van der Waals surface area contributed by atoms with Gasteiger partial charge in [0.15, 0.2) is 0 Å². The van der Waals surface area contributed by atoms with Gasteiger partial charge < -0.3 is 9.47 Å². The summed E-state index contributed by atoms with van der Waals surface area (Å²) in [5, 5.41) is 12.5. The molecule has 26 heavy (non-hydrogen) atoms. The highest BCUT2D eigenvalue weighted by Gasteiger charge is 2.14. The van der Waals surface area contributed by atoms with Crippen LogP contribution in [0.5, 0.6) is 5.75 Å². The molecule has 0 fully saturated rings. The van der Waals surface area contributed by atoms with E-state index in [9.17, 15) is 4.79 Å². The second-order valence-corrected chi connectivity index (χ2v) is 5.73. The molecule has 2 aromatic carbocycles. The van der Waals surface area contributed by atoms with E-state index >= 15 is 0 Å². The number of nitriles is 1. The highest BCUT2D eigenvalue weighted by molar-refractivity contribution is 6.36. The molecule has 3 rings (SSSR count). The first-order valence-electron chi connectivity index (χ1n) is 7.66. The summed E-state index contributed by atoms with van der Waals surface area (Å²) in [4.78, 5) is 16.3. The number of pyridine rings is 1. The van der Waals surface area contributed by atoms with E-state index in [1.165, 1.54) is 13.3 Å². The standard InChI is InChI=1S/C19H14ClN3O3/c1-25-17-7-14-15(22-10-13(9-21)18(14)20)8-16(17)23-19(24)26-11-12-5-3-2-4-6-12/h2-8,10H,11H2,1H3,(H,23,24). The molecule has 0 saturated heterocycles. The number of rotatable bonds is 4. The highest BCUT2D eigenvalue weighted by atomic mass is 35.5. The van der Waals surface area contributed by atoms with Crippen LogP contribution in [0, 0.1) is 11.3 Å². The first-order chi connectivity index (χ1) is 12.6. The molecule has 0 aliphatic heterocycles. The molecule has 0 bridgehead atoms. The zero-order valence-electron chi connectivity index (χ0n) is 13.8. The summed E-state index contributed by atoms with van der Waals surface area (Å²) in [5.74, 6) is 0.382. The van der Waals surface area contributed by atoms with Crippen LogP contribution in [0.3, 0.4) is 0 Å². The Bertz CT molecular complexity index is 1000. The molecule has 0 unspecified atom stereocenters. The molecule has 1 N–H and O–H groups in total. The second kappa shape index (κ2) is 7.72. The largest absolute Gasteiger partial charge is 0.495 e. The summed E-state index contributed by atoms with van der Waals surface area (Å²) >= 11 is 6.22. The molecular formula is C19H14ClN3O3. The molecule has 130 valence electrons. The van der Waals surface area contributed by atoms with Gasteiger partial charge in [-0.2, -0.15) is 5.26 Å². The van der Waals surface area contributed by atoms with Crippen molar-refractivity contribution in [2.75, 3.05) is 12.4 Å². The minimum atomic E-state index is -0.619. The maximum absolute atomic E-state index is 12.1. The molecule has 3 aromatic rings. The van der Waals surface area contributed by atoms with Crippen molar-refractivity contribution in [1.29, 1.82) is 5.26 Å². The number of nitrogens with one attached hydrogen (secondary N) is 1. The minimum absolute atomic E-state index is 0.151. The number of hydrogen-bond acceptors (Lipinski definition) is 5. The van der Waals surface area contributed by atoms with Crippen molar-refractivity contribution in [2.24, 2.45) is 0 Å².